The highest BCUT2D eigenvalue weighted by molar-refractivity contribution is 5.92. The molecule has 1 saturated heterocycles. The van der Waals surface area contributed by atoms with Gasteiger partial charge in [0.15, 0.2) is 11.5 Å². The Hall–Kier alpha value is -2.28. The average Bonchev–Trinajstić information content (AvgIpc) is 2.71. The van der Waals surface area contributed by atoms with E-state index in [1.165, 1.54) is 0 Å². The molecule has 0 atom stereocenters. The van der Waals surface area contributed by atoms with Crippen LogP contribution in [0.5, 0.6) is 11.5 Å². The first kappa shape index (κ1) is 22.0. The molecule has 7 heteroatoms. The Kier molecular flexibility index (Phi) is 9.07. The molecule has 1 aromatic rings. The van der Waals surface area contributed by atoms with Crippen molar-refractivity contribution in [3.05, 3.63) is 18.2 Å². The number of hydrogen-bond donors (Lipinski definition) is 2. The second-order valence-electron chi connectivity index (χ2n) is 7.17. The van der Waals surface area contributed by atoms with Gasteiger partial charge in [-0.25, -0.2) is 0 Å². The average molecular weight is 392 g/mol. The normalized spacial score (nSPS) is 15.1. The molecule has 7 nitrogen and oxygen atoms in total. The Labute approximate surface area is 167 Å². The molecule has 1 aromatic carbocycles. The summed E-state index contributed by atoms with van der Waals surface area (Å²) in [7, 11) is 3.14. The lowest BCUT2D eigenvalue weighted by atomic mass is 9.96. The summed E-state index contributed by atoms with van der Waals surface area (Å²) in [5.74, 6) is 1.34. The van der Waals surface area contributed by atoms with Gasteiger partial charge in [0.1, 0.15) is 0 Å². The topological polar surface area (TPSA) is 79.9 Å². The molecule has 1 heterocycles. The third-order valence-corrected chi connectivity index (χ3v) is 5.07. The molecule has 0 saturated carbocycles. The smallest absolute Gasteiger partial charge is 0.238 e. The van der Waals surface area contributed by atoms with Crippen LogP contribution in [0.15, 0.2) is 18.2 Å². The van der Waals surface area contributed by atoms with Crippen LogP contribution in [0.1, 0.15) is 39.0 Å². The van der Waals surface area contributed by atoms with Gasteiger partial charge in [-0.1, -0.05) is 19.8 Å². The van der Waals surface area contributed by atoms with E-state index in [1.54, 1.807) is 32.4 Å². The number of rotatable bonds is 10. The lowest BCUT2D eigenvalue weighted by Gasteiger charge is -2.30. The molecule has 156 valence electrons. The number of carbonyl (C=O) groups is 2. The summed E-state index contributed by atoms with van der Waals surface area (Å²) in [6.45, 7) is 4.75. The summed E-state index contributed by atoms with van der Waals surface area (Å²) in [6, 6.07) is 5.29. The van der Waals surface area contributed by atoms with Gasteiger partial charge in [0.05, 0.1) is 20.8 Å². The maximum atomic E-state index is 12.3. The molecular weight excluding hydrogens is 358 g/mol. The maximum Gasteiger partial charge on any atom is 0.238 e. The van der Waals surface area contributed by atoms with Gasteiger partial charge < -0.3 is 20.1 Å². The van der Waals surface area contributed by atoms with Gasteiger partial charge in [0.25, 0.3) is 0 Å². The number of unbranched alkanes of at least 4 members (excludes halogenated alkanes) is 2. The first-order valence-electron chi connectivity index (χ1n) is 10.1. The SMILES string of the molecule is CCCCCNC(=O)C1CCN(CC(=O)Nc2ccc(OC)c(OC)c2)CC1. The van der Waals surface area contributed by atoms with E-state index < -0.39 is 0 Å². The van der Waals surface area contributed by atoms with Crippen LogP contribution in [0, 0.1) is 5.92 Å². The van der Waals surface area contributed by atoms with Crippen molar-refractivity contribution >= 4 is 17.5 Å². The van der Waals surface area contributed by atoms with Crippen molar-refractivity contribution in [2.75, 3.05) is 45.7 Å². The van der Waals surface area contributed by atoms with E-state index in [-0.39, 0.29) is 17.7 Å². The summed E-state index contributed by atoms with van der Waals surface area (Å²) >= 11 is 0. The predicted molar refractivity (Wildman–Crippen MR) is 110 cm³/mol. The van der Waals surface area contributed by atoms with E-state index in [2.05, 4.69) is 22.5 Å². The van der Waals surface area contributed by atoms with Crippen molar-refractivity contribution in [3.8, 4) is 11.5 Å². The van der Waals surface area contributed by atoms with Crippen molar-refractivity contribution in [2.24, 2.45) is 5.92 Å². The molecule has 1 aliphatic rings. The third kappa shape index (κ3) is 6.71. The van der Waals surface area contributed by atoms with E-state index in [0.29, 0.717) is 23.7 Å². The van der Waals surface area contributed by atoms with Gasteiger partial charge in [0, 0.05) is 24.2 Å². The van der Waals surface area contributed by atoms with Crippen LogP contribution in [-0.4, -0.2) is 57.1 Å². The zero-order valence-corrected chi connectivity index (χ0v) is 17.3. The quantitative estimate of drug-likeness (QED) is 0.600. The number of amides is 2. The molecule has 0 unspecified atom stereocenters. The van der Waals surface area contributed by atoms with Gasteiger partial charge >= 0.3 is 0 Å². The number of carbonyl (C=O) groups excluding carboxylic acids is 2. The first-order valence-corrected chi connectivity index (χ1v) is 10.1. The molecule has 2 rings (SSSR count). The number of likely N-dealkylation sites (tertiary alicyclic amines) is 1. The van der Waals surface area contributed by atoms with Crippen LogP contribution in [0.2, 0.25) is 0 Å². The van der Waals surface area contributed by atoms with Crippen LogP contribution in [0.25, 0.3) is 0 Å². The zero-order chi connectivity index (χ0) is 20.4. The van der Waals surface area contributed by atoms with E-state index in [9.17, 15) is 9.59 Å². The Morgan fingerprint density at radius 1 is 1.11 bits per heavy atom. The minimum atomic E-state index is -0.0744. The van der Waals surface area contributed by atoms with Gasteiger partial charge in [-0.05, 0) is 44.5 Å². The molecule has 0 bridgehead atoms. The molecular formula is C21H33N3O4. The Bertz CT molecular complexity index is 643. The molecule has 0 aromatic heterocycles. The Morgan fingerprint density at radius 2 is 1.82 bits per heavy atom. The standard InChI is InChI=1S/C21H33N3O4/c1-4-5-6-11-22-21(26)16-9-12-24(13-10-16)15-20(25)23-17-7-8-18(27-2)19(14-17)28-3/h7-8,14,16H,4-6,9-13,15H2,1-3H3,(H,22,26)(H,23,25). The van der Waals surface area contributed by atoms with E-state index in [1.807, 2.05) is 0 Å². The fourth-order valence-electron chi connectivity index (χ4n) is 3.40. The molecule has 2 amide bonds. The van der Waals surface area contributed by atoms with Crippen LogP contribution >= 0.6 is 0 Å². The highest BCUT2D eigenvalue weighted by Gasteiger charge is 2.25. The second kappa shape index (κ2) is 11.5. The monoisotopic (exact) mass is 391 g/mol. The minimum absolute atomic E-state index is 0.0618. The highest BCUT2D eigenvalue weighted by Crippen LogP contribution is 2.29. The number of hydrogen-bond acceptors (Lipinski definition) is 5. The van der Waals surface area contributed by atoms with Crippen molar-refractivity contribution in [2.45, 2.75) is 39.0 Å². The summed E-state index contributed by atoms with van der Waals surface area (Å²) < 4.78 is 10.5. The number of nitrogens with one attached hydrogen (secondary N) is 2. The maximum absolute atomic E-state index is 12.3. The summed E-state index contributed by atoms with van der Waals surface area (Å²) in [6.07, 6.45) is 4.93. The van der Waals surface area contributed by atoms with Crippen molar-refractivity contribution < 1.29 is 19.1 Å². The van der Waals surface area contributed by atoms with Gasteiger partial charge in [0.2, 0.25) is 11.8 Å². The number of piperidine rings is 1. The molecule has 0 aliphatic carbocycles. The summed E-state index contributed by atoms with van der Waals surface area (Å²) in [4.78, 5) is 26.7. The van der Waals surface area contributed by atoms with Crippen LogP contribution < -0.4 is 20.1 Å². The van der Waals surface area contributed by atoms with Gasteiger partial charge in [-0.15, -0.1) is 0 Å². The van der Waals surface area contributed by atoms with Crippen LogP contribution in [0.4, 0.5) is 5.69 Å². The number of nitrogens with zero attached hydrogens (tertiary/aromatic N) is 1. The van der Waals surface area contributed by atoms with Crippen LogP contribution in [-0.2, 0) is 9.59 Å². The molecule has 1 fully saturated rings. The third-order valence-electron chi connectivity index (χ3n) is 5.07. The Balaban J connectivity index is 1.74. The minimum Gasteiger partial charge on any atom is -0.493 e. The van der Waals surface area contributed by atoms with Crippen molar-refractivity contribution in [1.82, 2.24) is 10.2 Å². The largest absolute Gasteiger partial charge is 0.493 e. The molecule has 0 spiro atoms. The van der Waals surface area contributed by atoms with Gasteiger partial charge in [-0.3, -0.25) is 14.5 Å². The predicted octanol–water partition coefficient (Wildman–Crippen LogP) is 2.66. The molecule has 2 N–H and O–H groups in total. The first-order chi connectivity index (χ1) is 13.6. The summed E-state index contributed by atoms with van der Waals surface area (Å²) in [5.41, 5.74) is 0.670. The van der Waals surface area contributed by atoms with E-state index in [0.717, 1.165) is 51.7 Å². The molecule has 1 aliphatic heterocycles. The number of anilines is 1. The van der Waals surface area contributed by atoms with E-state index in [4.69, 9.17) is 9.47 Å². The molecule has 28 heavy (non-hydrogen) atoms. The zero-order valence-electron chi connectivity index (χ0n) is 17.3. The van der Waals surface area contributed by atoms with E-state index >= 15 is 0 Å². The lowest BCUT2D eigenvalue weighted by Crippen LogP contribution is -2.43. The van der Waals surface area contributed by atoms with Crippen molar-refractivity contribution in [3.63, 3.8) is 0 Å². The highest BCUT2D eigenvalue weighted by atomic mass is 16.5. The summed E-state index contributed by atoms with van der Waals surface area (Å²) in [5, 5.41) is 5.93. The van der Waals surface area contributed by atoms with Crippen molar-refractivity contribution in [1.29, 1.82) is 0 Å². The number of benzene rings is 1. The fraction of sp³-hybridized carbons (Fsp3) is 0.619. The van der Waals surface area contributed by atoms with Crippen LogP contribution in [0.3, 0.4) is 0 Å². The Morgan fingerprint density at radius 3 is 2.46 bits per heavy atom. The lowest BCUT2D eigenvalue weighted by molar-refractivity contribution is -0.126. The number of methoxy groups -OCH3 is 2. The molecule has 0 radical (unpaired) electrons. The second-order valence-corrected chi connectivity index (χ2v) is 7.17. The van der Waals surface area contributed by atoms with Gasteiger partial charge in [-0.2, -0.15) is 0 Å². The fourth-order valence-corrected chi connectivity index (χ4v) is 3.40. The number of ether oxygens (including phenoxy) is 2.